The molecule has 2 heteroatoms. The van der Waals surface area contributed by atoms with E-state index in [1.807, 2.05) is 0 Å². The summed E-state index contributed by atoms with van der Waals surface area (Å²) in [7, 11) is 0. The average molecular weight is 443 g/mol. The second-order valence-electron chi connectivity index (χ2n) is 9.61. The number of allylic oxidation sites excluding steroid dienone is 9. The van der Waals surface area contributed by atoms with Crippen LogP contribution in [0, 0.1) is 0 Å². The molecule has 2 nitrogen and oxygen atoms in total. The molecule has 0 aliphatic rings. The van der Waals surface area contributed by atoms with Crippen LogP contribution >= 0.6 is 0 Å². The van der Waals surface area contributed by atoms with Gasteiger partial charge in [-0.15, -0.1) is 0 Å². The molecule has 32 heavy (non-hydrogen) atoms. The summed E-state index contributed by atoms with van der Waals surface area (Å²) in [4.78, 5) is 0. The molecular weight excluding hydrogens is 392 g/mol. The fraction of sp³-hybridized carbons (Fsp3) is 0.600. The summed E-state index contributed by atoms with van der Waals surface area (Å²) >= 11 is 0. The monoisotopic (exact) mass is 442 g/mol. The SMILES string of the molecule is CC(C)=CCCC(C)=CC(OC/C=C(\C)CCC=C(C)C)OC/C=C(\C)CCC=C(C)C. The largest absolute Gasteiger partial charge is 0.345 e. The highest BCUT2D eigenvalue weighted by atomic mass is 16.7. The van der Waals surface area contributed by atoms with Gasteiger partial charge in [0.05, 0.1) is 13.2 Å². The molecule has 182 valence electrons. The zero-order chi connectivity index (χ0) is 24.4. The van der Waals surface area contributed by atoms with Crippen molar-refractivity contribution in [1.82, 2.24) is 0 Å². The van der Waals surface area contributed by atoms with E-state index in [1.54, 1.807) is 0 Å². The van der Waals surface area contributed by atoms with Crippen LogP contribution in [0.25, 0.3) is 0 Å². The molecule has 0 aliphatic carbocycles. The third-order valence-electron chi connectivity index (χ3n) is 5.08. The van der Waals surface area contributed by atoms with E-state index in [1.165, 1.54) is 33.4 Å². The topological polar surface area (TPSA) is 18.5 Å². The summed E-state index contributed by atoms with van der Waals surface area (Å²) < 4.78 is 12.2. The maximum Gasteiger partial charge on any atom is 0.177 e. The molecule has 0 saturated carbocycles. The molecule has 0 amide bonds. The maximum atomic E-state index is 6.09. The van der Waals surface area contributed by atoms with Crippen LogP contribution < -0.4 is 0 Å². The van der Waals surface area contributed by atoms with E-state index in [0.29, 0.717) is 13.2 Å². The lowest BCUT2D eigenvalue weighted by Gasteiger charge is -2.15. The lowest BCUT2D eigenvalue weighted by molar-refractivity contribution is -0.0943. The Morgan fingerprint density at radius 3 is 1.19 bits per heavy atom. The number of rotatable bonds is 16. The number of hydrogen-bond acceptors (Lipinski definition) is 2. The minimum absolute atomic E-state index is 0.314. The summed E-state index contributed by atoms with van der Waals surface area (Å²) in [5, 5.41) is 0. The van der Waals surface area contributed by atoms with E-state index in [-0.39, 0.29) is 6.29 Å². The van der Waals surface area contributed by atoms with Crippen molar-refractivity contribution in [3.05, 3.63) is 69.9 Å². The molecule has 0 aromatic heterocycles. The Balaban J connectivity index is 4.86. The van der Waals surface area contributed by atoms with E-state index in [4.69, 9.17) is 9.47 Å². The van der Waals surface area contributed by atoms with Gasteiger partial charge in [-0.05, 0) is 107 Å². The predicted octanol–water partition coefficient (Wildman–Crippen LogP) is 9.42. The number of hydrogen-bond donors (Lipinski definition) is 0. The molecular formula is C30H50O2. The van der Waals surface area contributed by atoms with Gasteiger partial charge in [-0.25, -0.2) is 0 Å². The minimum Gasteiger partial charge on any atom is -0.345 e. The van der Waals surface area contributed by atoms with Gasteiger partial charge in [0, 0.05) is 0 Å². The second kappa shape index (κ2) is 18.9. The highest BCUT2D eigenvalue weighted by molar-refractivity contribution is 5.06. The highest BCUT2D eigenvalue weighted by Gasteiger charge is 2.06. The van der Waals surface area contributed by atoms with Crippen LogP contribution in [0.5, 0.6) is 0 Å². The lowest BCUT2D eigenvalue weighted by Crippen LogP contribution is -2.16. The highest BCUT2D eigenvalue weighted by Crippen LogP contribution is 2.13. The molecule has 0 rings (SSSR count). The fourth-order valence-electron chi connectivity index (χ4n) is 3.00. The van der Waals surface area contributed by atoms with E-state index >= 15 is 0 Å². The van der Waals surface area contributed by atoms with Crippen molar-refractivity contribution in [2.75, 3.05) is 13.2 Å². The average Bonchev–Trinajstić information content (AvgIpc) is 2.66. The van der Waals surface area contributed by atoms with Crippen LogP contribution in [0.2, 0.25) is 0 Å². The first-order chi connectivity index (χ1) is 15.1. The molecule has 0 bridgehead atoms. The molecule has 0 aliphatic heterocycles. The van der Waals surface area contributed by atoms with E-state index in [9.17, 15) is 0 Å². The van der Waals surface area contributed by atoms with Gasteiger partial charge in [0.25, 0.3) is 0 Å². The van der Waals surface area contributed by atoms with Crippen LogP contribution in [0.15, 0.2) is 69.9 Å². The molecule has 0 atom stereocenters. The smallest absolute Gasteiger partial charge is 0.177 e. The fourth-order valence-corrected chi connectivity index (χ4v) is 3.00. The second-order valence-corrected chi connectivity index (χ2v) is 9.61. The van der Waals surface area contributed by atoms with Gasteiger partial charge in [-0.3, -0.25) is 0 Å². The van der Waals surface area contributed by atoms with Crippen molar-refractivity contribution in [2.45, 2.75) is 107 Å². The molecule has 0 saturated heterocycles. The van der Waals surface area contributed by atoms with Crippen molar-refractivity contribution in [1.29, 1.82) is 0 Å². The molecule has 0 N–H and O–H groups in total. The first kappa shape index (κ1) is 30.4. The summed E-state index contributed by atoms with van der Waals surface area (Å²) in [5.41, 5.74) is 8.15. The van der Waals surface area contributed by atoms with Gasteiger partial charge in [-0.1, -0.05) is 63.8 Å². The lowest BCUT2D eigenvalue weighted by atomic mass is 10.1. The molecule has 0 aromatic carbocycles. The van der Waals surface area contributed by atoms with Crippen LogP contribution in [-0.4, -0.2) is 19.5 Å². The van der Waals surface area contributed by atoms with Crippen LogP contribution in [0.3, 0.4) is 0 Å². The van der Waals surface area contributed by atoms with Gasteiger partial charge in [-0.2, -0.15) is 0 Å². The molecule has 0 spiro atoms. The summed E-state index contributed by atoms with van der Waals surface area (Å²) in [5.74, 6) is 0. The van der Waals surface area contributed by atoms with E-state index in [2.05, 4.69) is 98.8 Å². The zero-order valence-corrected chi connectivity index (χ0v) is 22.5. The Kier molecular flexibility index (Phi) is 17.9. The molecule has 0 heterocycles. The van der Waals surface area contributed by atoms with Crippen LogP contribution in [-0.2, 0) is 9.47 Å². The third kappa shape index (κ3) is 20.3. The molecule has 0 aromatic rings. The van der Waals surface area contributed by atoms with Crippen LogP contribution in [0.4, 0.5) is 0 Å². The quantitative estimate of drug-likeness (QED) is 0.175. The predicted molar refractivity (Wildman–Crippen MR) is 143 cm³/mol. The van der Waals surface area contributed by atoms with Crippen molar-refractivity contribution in [3.8, 4) is 0 Å². The van der Waals surface area contributed by atoms with Crippen LogP contribution in [0.1, 0.15) is 101 Å². The Bertz CT molecular complexity index is 644. The van der Waals surface area contributed by atoms with Crippen molar-refractivity contribution in [2.24, 2.45) is 0 Å². The molecule has 0 radical (unpaired) electrons. The van der Waals surface area contributed by atoms with Crippen molar-refractivity contribution < 1.29 is 9.47 Å². The van der Waals surface area contributed by atoms with E-state index < -0.39 is 0 Å². The minimum atomic E-state index is -0.314. The van der Waals surface area contributed by atoms with Crippen molar-refractivity contribution >= 4 is 0 Å². The standard InChI is InChI=1S/C30H50O2/c1-24(2)13-10-16-27(7)19-21-31-30(23-29(9)18-12-15-26(5)6)32-22-20-28(8)17-11-14-25(3)4/h13-15,19-20,23,30H,10-12,16-18,21-22H2,1-9H3/b27-19+,28-20+,29-23?. The summed E-state index contributed by atoms with van der Waals surface area (Å²) in [6.07, 6.45) is 19.5. The maximum absolute atomic E-state index is 6.09. The third-order valence-corrected chi connectivity index (χ3v) is 5.08. The van der Waals surface area contributed by atoms with Gasteiger partial charge in [0.2, 0.25) is 0 Å². The first-order valence-electron chi connectivity index (χ1n) is 12.2. The van der Waals surface area contributed by atoms with Gasteiger partial charge >= 0.3 is 0 Å². The summed E-state index contributed by atoms with van der Waals surface area (Å²) in [6, 6.07) is 0. The van der Waals surface area contributed by atoms with Gasteiger partial charge in [0.15, 0.2) is 6.29 Å². The number of ether oxygens (including phenoxy) is 2. The Morgan fingerprint density at radius 2 is 0.844 bits per heavy atom. The Hall–Kier alpha value is -1.64. The van der Waals surface area contributed by atoms with E-state index in [0.717, 1.165) is 38.5 Å². The van der Waals surface area contributed by atoms with Crippen molar-refractivity contribution in [3.63, 3.8) is 0 Å². The Labute approximate surface area is 199 Å². The molecule has 0 unspecified atom stereocenters. The normalized spacial score (nSPS) is 12.8. The van der Waals surface area contributed by atoms with Gasteiger partial charge in [0.1, 0.15) is 0 Å². The zero-order valence-electron chi connectivity index (χ0n) is 22.5. The molecule has 0 fully saturated rings. The first-order valence-corrected chi connectivity index (χ1v) is 12.2. The summed E-state index contributed by atoms with van der Waals surface area (Å²) in [6.45, 7) is 20.6. The van der Waals surface area contributed by atoms with Gasteiger partial charge < -0.3 is 9.47 Å². The Morgan fingerprint density at radius 1 is 0.500 bits per heavy atom.